The van der Waals surface area contributed by atoms with Crippen molar-refractivity contribution in [1.82, 2.24) is 4.98 Å². The van der Waals surface area contributed by atoms with Crippen LogP contribution in [-0.2, 0) is 0 Å². The van der Waals surface area contributed by atoms with E-state index in [1.807, 2.05) is 0 Å². The maximum Gasteiger partial charge on any atom is 0.335 e. The van der Waals surface area contributed by atoms with Crippen molar-refractivity contribution in [1.29, 1.82) is 0 Å². The van der Waals surface area contributed by atoms with Crippen molar-refractivity contribution in [3.63, 3.8) is 0 Å². The minimum absolute atomic E-state index is 0.0722. The van der Waals surface area contributed by atoms with Crippen LogP contribution in [0.15, 0.2) is 52.5 Å². The highest BCUT2D eigenvalue weighted by Gasteiger charge is 2.09. The lowest BCUT2D eigenvalue weighted by Gasteiger charge is -2.04. The Labute approximate surface area is 101 Å². The first-order chi connectivity index (χ1) is 8.16. The van der Waals surface area contributed by atoms with Gasteiger partial charge in [-0.25, -0.2) is 9.18 Å². The van der Waals surface area contributed by atoms with Gasteiger partial charge < -0.3 is 5.11 Å². The molecular weight excluding hydrogens is 241 g/mol. The van der Waals surface area contributed by atoms with Crippen molar-refractivity contribution >= 4 is 17.7 Å². The van der Waals surface area contributed by atoms with Gasteiger partial charge in [-0.15, -0.1) is 0 Å². The molecule has 0 saturated heterocycles. The summed E-state index contributed by atoms with van der Waals surface area (Å²) in [6, 6.07) is 7.19. The fourth-order valence-electron chi connectivity index (χ4n) is 1.25. The Morgan fingerprint density at radius 1 is 1.24 bits per heavy atom. The number of hydrogen-bond acceptors (Lipinski definition) is 3. The van der Waals surface area contributed by atoms with E-state index in [0.717, 1.165) is 11.0 Å². The van der Waals surface area contributed by atoms with Crippen molar-refractivity contribution in [2.45, 2.75) is 9.79 Å². The first-order valence-electron chi connectivity index (χ1n) is 4.77. The Kier molecular flexibility index (Phi) is 3.39. The number of rotatable bonds is 3. The Bertz CT molecular complexity index is 545. The molecule has 3 nitrogen and oxygen atoms in total. The first-order valence-corrected chi connectivity index (χ1v) is 5.59. The molecule has 5 heteroatoms. The normalized spacial score (nSPS) is 10.2. The van der Waals surface area contributed by atoms with E-state index in [0.29, 0.717) is 0 Å². The van der Waals surface area contributed by atoms with E-state index in [1.165, 1.54) is 23.9 Å². The second-order valence-corrected chi connectivity index (χ2v) is 4.35. The number of nitrogens with zero attached hydrogens (tertiary/aromatic N) is 1. The molecule has 0 saturated carbocycles. The molecule has 1 aromatic carbocycles. The van der Waals surface area contributed by atoms with Crippen molar-refractivity contribution in [2.75, 3.05) is 0 Å². The van der Waals surface area contributed by atoms with Crippen LogP contribution in [0.1, 0.15) is 10.4 Å². The Balaban J connectivity index is 2.32. The van der Waals surface area contributed by atoms with Crippen LogP contribution >= 0.6 is 11.8 Å². The number of aromatic nitrogens is 1. The summed E-state index contributed by atoms with van der Waals surface area (Å²) in [5.41, 5.74) is 0.0722. The van der Waals surface area contributed by atoms with Gasteiger partial charge in [-0.2, -0.15) is 0 Å². The maximum absolute atomic E-state index is 13.5. The molecule has 0 spiro atoms. The van der Waals surface area contributed by atoms with E-state index < -0.39 is 11.8 Å². The molecule has 0 aliphatic carbocycles. The highest BCUT2D eigenvalue weighted by atomic mass is 32.2. The van der Waals surface area contributed by atoms with Gasteiger partial charge in [0.2, 0.25) is 0 Å². The first kappa shape index (κ1) is 11.6. The molecule has 0 unspecified atom stereocenters. The molecule has 1 aromatic heterocycles. The molecule has 1 N–H and O–H groups in total. The Hall–Kier alpha value is -1.88. The van der Waals surface area contributed by atoms with Gasteiger partial charge in [-0.05, 0) is 30.3 Å². The zero-order valence-corrected chi connectivity index (χ0v) is 9.45. The largest absolute Gasteiger partial charge is 0.478 e. The molecule has 0 aliphatic rings. The molecule has 0 radical (unpaired) electrons. The summed E-state index contributed by atoms with van der Waals surface area (Å²) < 4.78 is 13.5. The smallest absolute Gasteiger partial charge is 0.335 e. The zero-order valence-electron chi connectivity index (χ0n) is 8.63. The summed E-state index contributed by atoms with van der Waals surface area (Å²) in [5, 5.41) is 8.82. The zero-order chi connectivity index (χ0) is 12.3. The van der Waals surface area contributed by atoms with Gasteiger partial charge in [0.15, 0.2) is 0 Å². The molecule has 0 amide bonds. The number of hydrogen-bond donors (Lipinski definition) is 1. The van der Waals surface area contributed by atoms with Gasteiger partial charge in [0.05, 0.1) is 5.56 Å². The standard InChI is InChI=1S/C12H8FNO2S/c13-10-2-1-8(12(15)16)7-11(10)17-9-3-5-14-6-4-9/h1-7H,(H,15,16). The van der Waals surface area contributed by atoms with Gasteiger partial charge in [0.1, 0.15) is 5.82 Å². The van der Waals surface area contributed by atoms with Crippen LogP contribution in [0.3, 0.4) is 0 Å². The molecule has 0 bridgehead atoms. The lowest BCUT2D eigenvalue weighted by atomic mass is 10.2. The molecule has 0 atom stereocenters. The van der Waals surface area contributed by atoms with Gasteiger partial charge >= 0.3 is 5.97 Å². The minimum atomic E-state index is -1.07. The monoisotopic (exact) mass is 249 g/mol. The third-order valence-corrected chi connectivity index (χ3v) is 3.10. The third kappa shape index (κ3) is 2.82. The predicted molar refractivity (Wildman–Crippen MR) is 61.7 cm³/mol. The SMILES string of the molecule is O=C(O)c1ccc(F)c(Sc2ccncc2)c1. The van der Waals surface area contributed by atoms with Crippen molar-refractivity contribution in [3.8, 4) is 0 Å². The minimum Gasteiger partial charge on any atom is -0.478 e. The van der Waals surface area contributed by atoms with Crippen LogP contribution < -0.4 is 0 Å². The number of carbonyl (C=O) groups is 1. The van der Waals surface area contributed by atoms with Gasteiger partial charge in [-0.3, -0.25) is 4.98 Å². The molecule has 0 fully saturated rings. The molecule has 0 aliphatic heterocycles. The summed E-state index contributed by atoms with van der Waals surface area (Å²) in [4.78, 5) is 15.7. The second kappa shape index (κ2) is 4.97. The van der Waals surface area contributed by atoms with Gasteiger partial charge in [-0.1, -0.05) is 11.8 Å². The maximum atomic E-state index is 13.5. The van der Waals surface area contributed by atoms with E-state index in [2.05, 4.69) is 4.98 Å². The van der Waals surface area contributed by atoms with Crippen LogP contribution in [0.5, 0.6) is 0 Å². The summed E-state index contributed by atoms with van der Waals surface area (Å²) >= 11 is 1.17. The lowest BCUT2D eigenvalue weighted by Crippen LogP contribution is -1.97. The summed E-state index contributed by atoms with van der Waals surface area (Å²) in [5.74, 6) is -1.50. The molecule has 17 heavy (non-hydrogen) atoms. The van der Waals surface area contributed by atoms with Crippen LogP contribution in [0.25, 0.3) is 0 Å². The van der Waals surface area contributed by atoms with E-state index in [1.54, 1.807) is 24.5 Å². The second-order valence-electron chi connectivity index (χ2n) is 3.24. The number of carboxylic acids is 1. The van der Waals surface area contributed by atoms with Crippen molar-refractivity contribution < 1.29 is 14.3 Å². The summed E-state index contributed by atoms with van der Waals surface area (Å²) in [7, 11) is 0. The van der Waals surface area contributed by atoms with E-state index in [4.69, 9.17) is 5.11 Å². The molecule has 2 aromatic rings. The van der Waals surface area contributed by atoms with E-state index in [9.17, 15) is 9.18 Å². The third-order valence-electron chi connectivity index (χ3n) is 2.06. The molecule has 86 valence electrons. The highest BCUT2D eigenvalue weighted by Crippen LogP contribution is 2.29. The lowest BCUT2D eigenvalue weighted by molar-refractivity contribution is 0.0696. The van der Waals surface area contributed by atoms with Gasteiger partial charge in [0.25, 0.3) is 0 Å². The average molecular weight is 249 g/mol. The Morgan fingerprint density at radius 3 is 2.59 bits per heavy atom. The Morgan fingerprint density at radius 2 is 1.94 bits per heavy atom. The van der Waals surface area contributed by atoms with Gasteiger partial charge in [0, 0.05) is 22.2 Å². The fraction of sp³-hybridized carbons (Fsp3) is 0. The van der Waals surface area contributed by atoms with E-state index >= 15 is 0 Å². The topological polar surface area (TPSA) is 50.2 Å². The quantitative estimate of drug-likeness (QED) is 0.908. The van der Waals surface area contributed by atoms with Crippen molar-refractivity contribution in [2.24, 2.45) is 0 Å². The molecular formula is C12H8FNO2S. The summed E-state index contributed by atoms with van der Waals surface area (Å²) in [6.45, 7) is 0. The predicted octanol–water partition coefficient (Wildman–Crippen LogP) is 3.07. The van der Waals surface area contributed by atoms with Crippen molar-refractivity contribution in [3.05, 3.63) is 54.1 Å². The number of benzene rings is 1. The number of carboxylic acid groups (broad SMARTS) is 1. The number of halogens is 1. The number of pyridine rings is 1. The average Bonchev–Trinajstić information content (AvgIpc) is 2.33. The molecule has 2 rings (SSSR count). The van der Waals surface area contributed by atoms with E-state index in [-0.39, 0.29) is 10.5 Å². The summed E-state index contributed by atoms with van der Waals surface area (Å²) in [6.07, 6.45) is 3.20. The van der Waals surface area contributed by atoms with Crippen LogP contribution in [0.2, 0.25) is 0 Å². The highest BCUT2D eigenvalue weighted by molar-refractivity contribution is 7.99. The van der Waals surface area contributed by atoms with Crippen LogP contribution in [0.4, 0.5) is 4.39 Å². The van der Waals surface area contributed by atoms with Crippen LogP contribution in [-0.4, -0.2) is 16.1 Å². The molecule has 1 heterocycles. The number of aromatic carboxylic acids is 1. The fourth-order valence-corrected chi connectivity index (χ4v) is 2.11. The van der Waals surface area contributed by atoms with Crippen LogP contribution in [0, 0.1) is 5.82 Å².